The summed E-state index contributed by atoms with van der Waals surface area (Å²) >= 11 is 0. The number of ether oxygens (including phenoxy) is 1. The molecule has 154 valence electrons. The maximum Gasteiger partial charge on any atom is 0.251 e. The standard InChI is InChI=1S/C25H27N3O2/c29-25(27-18-21-8-5-13-26-17-21)22-9-4-10-24(16-22)30-23-11-14-28(15-12-23)19-20-6-2-1-3-7-20/h1-10,13,16-17,23H,11-12,14-15,18-19H2,(H,27,29). The minimum Gasteiger partial charge on any atom is -0.490 e. The molecule has 3 aromatic rings. The summed E-state index contributed by atoms with van der Waals surface area (Å²) in [6.45, 7) is 3.48. The van der Waals surface area contributed by atoms with E-state index in [2.05, 4.69) is 45.5 Å². The molecule has 0 spiro atoms. The van der Waals surface area contributed by atoms with Gasteiger partial charge in [-0.25, -0.2) is 0 Å². The summed E-state index contributed by atoms with van der Waals surface area (Å²) in [5, 5.41) is 2.93. The number of benzene rings is 2. The number of nitrogens with one attached hydrogen (secondary N) is 1. The van der Waals surface area contributed by atoms with E-state index in [0.29, 0.717) is 12.1 Å². The molecule has 1 aliphatic heterocycles. The van der Waals surface area contributed by atoms with Gasteiger partial charge in [0.1, 0.15) is 11.9 Å². The van der Waals surface area contributed by atoms with Crippen molar-refractivity contribution in [3.05, 3.63) is 95.8 Å². The molecule has 0 bridgehead atoms. The molecule has 2 heterocycles. The van der Waals surface area contributed by atoms with Crippen molar-refractivity contribution in [2.24, 2.45) is 0 Å². The first-order chi connectivity index (χ1) is 14.8. The van der Waals surface area contributed by atoms with Gasteiger partial charge in [-0.05, 0) is 48.2 Å². The van der Waals surface area contributed by atoms with E-state index in [-0.39, 0.29) is 12.0 Å². The Hall–Kier alpha value is -3.18. The lowest BCUT2D eigenvalue weighted by Gasteiger charge is -2.32. The normalized spacial score (nSPS) is 14.9. The molecule has 0 unspecified atom stereocenters. The molecule has 0 radical (unpaired) electrons. The number of likely N-dealkylation sites (tertiary alicyclic amines) is 1. The van der Waals surface area contributed by atoms with Gasteiger partial charge >= 0.3 is 0 Å². The lowest BCUT2D eigenvalue weighted by Crippen LogP contribution is -2.37. The topological polar surface area (TPSA) is 54.5 Å². The van der Waals surface area contributed by atoms with Crippen molar-refractivity contribution in [1.29, 1.82) is 0 Å². The molecule has 1 N–H and O–H groups in total. The third-order valence-electron chi connectivity index (χ3n) is 5.36. The predicted molar refractivity (Wildman–Crippen MR) is 117 cm³/mol. The van der Waals surface area contributed by atoms with E-state index in [1.807, 2.05) is 36.4 Å². The van der Waals surface area contributed by atoms with Crippen molar-refractivity contribution >= 4 is 5.91 Å². The molecule has 0 atom stereocenters. The van der Waals surface area contributed by atoms with Crippen molar-refractivity contribution in [2.45, 2.75) is 32.0 Å². The summed E-state index contributed by atoms with van der Waals surface area (Å²) in [4.78, 5) is 19.0. The Morgan fingerprint density at radius 2 is 1.80 bits per heavy atom. The lowest BCUT2D eigenvalue weighted by atomic mass is 10.1. The SMILES string of the molecule is O=C(NCc1cccnc1)c1cccc(OC2CCN(Cc3ccccc3)CC2)c1. The first kappa shape index (κ1) is 20.1. The Morgan fingerprint density at radius 1 is 1.00 bits per heavy atom. The molecule has 1 aromatic heterocycles. The molecular formula is C25H27N3O2. The molecule has 30 heavy (non-hydrogen) atoms. The zero-order valence-electron chi connectivity index (χ0n) is 17.0. The van der Waals surface area contributed by atoms with Gasteiger partial charge in [0.2, 0.25) is 0 Å². The number of amides is 1. The quantitative estimate of drug-likeness (QED) is 0.649. The van der Waals surface area contributed by atoms with Crippen LogP contribution >= 0.6 is 0 Å². The number of hydrogen-bond donors (Lipinski definition) is 1. The molecule has 1 amide bonds. The molecule has 1 fully saturated rings. The number of piperidine rings is 1. The largest absolute Gasteiger partial charge is 0.490 e. The van der Waals surface area contributed by atoms with E-state index < -0.39 is 0 Å². The first-order valence-electron chi connectivity index (χ1n) is 10.5. The Balaban J connectivity index is 1.27. The Labute approximate surface area is 177 Å². The van der Waals surface area contributed by atoms with Crippen LogP contribution in [0.15, 0.2) is 79.1 Å². The molecule has 2 aromatic carbocycles. The van der Waals surface area contributed by atoms with Gasteiger partial charge in [-0.2, -0.15) is 0 Å². The van der Waals surface area contributed by atoms with Crippen LogP contribution in [-0.2, 0) is 13.1 Å². The van der Waals surface area contributed by atoms with Crippen LogP contribution in [0.4, 0.5) is 0 Å². The van der Waals surface area contributed by atoms with Gasteiger partial charge in [-0.1, -0.05) is 42.5 Å². The monoisotopic (exact) mass is 401 g/mol. The second kappa shape index (κ2) is 10.0. The first-order valence-corrected chi connectivity index (χ1v) is 10.5. The molecule has 0 aliphatic carbocycles. The van der Waals surface area contributed by atoms with Crippen LogP contribution in [0.2, 0.25) is 0 Å². The highest BCUT2D eigenvalue weighted by molar-refractivity contribution is 5.94. The summed E-state index contributed by atoms with van der Waals surface area (Å²) < 4.78 is 6.19. The summed E-state index contributed by atoms with van der Waals surface area (Å²) in [6.07, 6.45) is 5.64. The molecular weight excluding hydrogens is 374 g/mol. The number of nitrogens with zero attached hydrogens (tertiary/aromatic N) is 2. The minimum atomic E-state index is -0.109. The van der Waals surface area contributed by atoms with Crippen molar-refractivity contribution in [2.75, 3.05) is 13.1 Å². The fourth-order valence-electron chi connectivity index (χ4n) is 3.72. The number of carbonyl (C=O) groups is 1. The van der Waals surface area contributed by atoms with Crippen LogP contribution in [-0.4, -0.2) is 35.0 Å². The maximum absolute atomic E-state index is 12.5. The van der Waals surface area contributed by atoms with E-state index in [1.165, 1.54) is 5.56 Å². The third-order valence-corrected chi connectivity index (χ3v) is 5.36. The average Bonchev–Trinajstić information content (AvgIpc) is 2.80. The number of pyridine rings is 1. The fraction of sp³-hybridized carbons (Fsp3) is 0.280. The summed E-state index contributed by atoms with van der Waals surface area (Å²) in [6, 6.07) is 21.8. The van der Waals surface area contributed by atoms with Gasteiger partial charge in [0, 0.05) is 44.1 Å². The van der Waals surface area contributed by atoms with Gasteiger partial charge in [0.25, 0.3) is 5.91 Å². The highest BCUT2D eigenvalue weighted by atomic mass is 16.5. The van der Waals surface area contributed by atoms with E-state index >= 15 is 0 Å². The van der Waals surface area contributed by atoms with Gasteiger partial charge < -0.3 is 10.1 Å². The lowest BCUT2D eigenvalue weighted by molar-refractivity contribution is 0.0935. The smallest absolute Gasteiger partial charge is 0.251 e. The highest BCUT2D eigenvalue weighted by Gasteiger charge is 2.21. The van der Waals surface area contributed by atoms with Gasteiger partial charge in [-0.3, -0.25) is 14.7 Å². The summed E-state index contributed by atoms with van der Waals surface area (Å²) in [5.41, 5.74) is 2.93. The van der Waals surface area contributed by atoms with Crippen LogP contribution in [0.3, 0.4) is 0 Å². The second-order valence-corrected chi connectivity index (χ2v) is 7.65. The number of carbonyl (C=O) groups excluding carboxylic acids is 1. The number of aromatic nitrogens is 1. The van der Waals surface area contributed by atoms with E-state index in [0.717, 1.165) is 43.8 Å². The van der Waals surface area contributed by atoms with Crippen LogP contribution in [0, 0.1) is 0 Å². The predicted octanol–water partition coefficient (Wildman–Crippen LogP) is 4.06. The van der Waals surface area contributed by atoms with Crippen molar-refractivity contribution in [3.63, 3.8) is 0 Å². The van der Waals surface area contributed by atoms with Gasteiger partial charge in [0.05, 0.1) is 0 Å². The van der Waals surface area contributed by atoms with Crippen molar-refractivity contribution in [3.8, 4) is 5.75 Å². The molecule has 5 heteroatoms. The Morgan fingerprint density at radius 3 is 2.57 bits per heavy atom. The van der Waals surface area contributed by atoms with Gasteiger partial charge in [0.15, 0.2) is 0 Å². The minimum absolute atomic E-state index is 0.109. The fourth-order valence-corrected chi connectivity index (χ4v) is 3.72. The highest BCUT2D eigenvalue weighted by Crippen LogP contribution is 2.21. The number of hydrogen-bond acceptors (Lipinski definition) is 4. The third kappa shape index (κ3) is 5.67. The van der Waals surface area contributed by atoms with Crippen LogP contribution < -0.4 is 10.1 Å². The van der Waals surface area contributed by atoms with E-state index in [4.69, 9.17) is 4.74 Å². The van der Waals surface area contributed by atoms with Crippen LogP contribution in [0.25, 0.3) is 0 Å². The van der Waals surface area contributed by atoms with Gasteiger partial charge in [-0.15, -0.1) is 0 Å². The summed E-state index contributed by atoms with van der Waals surface area (Å²) in [5.74, 6) is 0.646. The van der Waals surface area contributed by atoms with Crippen molar-refractivity contribution < 1.29 is 9.53 Å². The Kier molecular flexibility index (Phi) is 6.72. The average molecular weight is 402 g/mol. The van der Waals surface area contributed by atoms with E-state index in [9.17, 15) is 4.79 Å². The summed E-state index contributed by atoms with van der Waals surface area (Å²) in [7, 11) is 0. The molecule has 4 rings (SSSR count). The molecule has 0 saturated carbocycles. The Bertz CT molecular complexity index is 939. The maximum atomic E-state index is 12.5. The van der Waals surface area contributed by atoms with E-state index in [1.54, 1.807) is 12.4 Å². The van der Waals surface area contributed by atoms with Crippen LogP contribution in [0.5, 0.6) is 5.75 Å². The number of rotatable bonds is 7. The zero-order chi connectivity index (χ0) is 20.6. The molecule has 1 saturated heterocycles. The second-order valence-electron chi connectivity index (χ2n) is 7.65. The molecule has 5 nitrogen and oxygen atoms in total. The molecule has 1 aliphatic rings. The zero-order valence-corrected chi connectivity index (χ0v) is 17.0. The van der Waals surface area contributed by atoms with Crippen molar-refractivity contribution in [1.82, 2.24) is 15.2 Å². The van der Waals surface area contributed by atoms with Crippen LogP contribution in [0.1, 0.15) is 34.3 Å².